The van der Waals surface area contributed by atoms with Crippen LogP contribution in [0.5, 0.6) is 11.5 Å². The van der Waals surface area contributed by atoms with Crippen LogP contribution >= 0.6 is 0 Å². The van der Waals surface area contributed by atoms with Crippen molar-refractivity contribution in [2.45, 2.75) is 32.2 Å². The van der Waals surface area contributed by atoms with Gasteiger partial charge in [-0.3, -0.25) is 0 Å². The molecule has 1 heterocycles. The lowest BCUT2D eigenvalue weighted by atomic mass is 9.94. The van der Waals surface area contributed by atoms with E-state index in [-0.39, 0.29) is 5.54 Å². The maximum absolute atomic E-state index is 6.27. The molecule has 1 saturated carbocycles. The second kappa shape index (κ2) is 3.14. The zero-order valence-corrected chi connectivity index (χ0v) is 9.80. The summed E-state index contributed by atoms with van der Waals surface area (Å²) in [5.41, 5.74) is 9.82. The van der Waals surface area contributed by atoms with E-state index in [1.807, 2.05) is 0 Å². The van der Waals surface area contributed by atoms with Gasteiger partial charge in [-0.15, -0.1) is 0 Å². The van der Waals surface area contributed by atoms with Crippen LogP contribution in [0.3, 0.4) is 0 Å². The van der Waals surface area contributed by atoms with Crippen molar-refractivity contribution < 1.29 is 9.47 Å². The van der Waals surface area contributed by atoms with E-state index in [4.69, 9.17) is 15.2 Å². The third-order valence-electron chi connectivity index (χ3n) is 3.72. The highest BCUT2D eigenvalue weighted by Crippen LogP contribution is 2.48. The van der Waals surface area contributed by atoms with Crippen LogP contribution in [0, 0.1) is 13.8 Å². The van der Waals surface area contributed by atoms with Gasteiger partial charge in [0.15, 0.2) is 11.5 Å². The third-order valence-corrected chi connectivity index (χ3v) is 3.72. The van der Waals surface area contributed by atoms with Gasteiger partial charge in [0.05, 0.1) is 0 Å². The molecule has 0 bridgehead atoms. The van der Waals surface area contributed by atoms with Crippen LogP contribution in [0.15, 0.2) is 6.07 Å². The van der Waals surface area contributed by atoms with Gasteiger partial charge in [0.1, 0.15) is 13.2 Å². The topological polar surface area (TPSA) is 44.5 Å². The zero-order chi connectivity index (χ0) is 11.3. The summed E-state index contributed by atoms with van der Waals surface area (Å²) in [6.07, 6.45) is 2.15. The first-order chi connectivity index (χ1) is 7.62. The molecule has 0 aromatic heterocycles. The Morgan fingerprint density at radius 3 is 2.50 bits per heavy atom. The number of nitrogens with two attached hydrogens (primary N) is 1. The molecule has 1 aromatic carbocycles. The molecule has 1 fully saturated rings. The standard InChI is InChI=1S/C13H17NO2/c1-8-9(2)12-11(15-5-6-16-12)7-10(8)13(14)3-4-13/h7H,3-6,14H2,1-2H3. The maximum Gasteiger partial charge on any atom is 0.164 e. The molecule has 16 heavy (non-hydrogen) atoms. The van der Waals surface area contributed by atoms with E-state index in [0.717, 1.165) is 24.3 Å². The summed E-state index contributed by atoms with van der Waals surface area (Å²) in [6, 6.07) is 2.07. The van der Waals surface area contributed by atoms with Crippen LogP contribution in [0.2, 0.25) is 0 Å². The number of benzene rings is 1. The molecular weight excluding hydrogens is 202 g/mol. The highest BCUT2D eigenvalue weighted by molar-refractivity contribution is 5.56. The van der Waals surface area contributed by atoms with Gasteiger partial charge in [0.25, 0.3) is 0 Å². The molecule has 0 atom stereocenters. The minimum atomic E-state index is -0.106. The minimum Gasteiger partial charge on any atom is -0.486 e. The zero-order valence-electron chi connectivity index (χ0n) is 9.80. The number of hydrogen-bond donors (Lipinski definition) is 1. The monoisotopic (exact) mass is 219 g/mol. The first-order valence-electron chi connectivity index (χ1n) is 5.81. The van der Waals surface area contributed by atoms with Gasteiger partial charge in [-0.2, -0.15) is 0 Å². The fourth-order valence-electron chi connectivity index (χ4n) is 2.37. The number of rotatable bonds is 1. The molecule has 0 spiro atoms. The summed E-state index contributed by atoms with van der Waals surface area (Å²) >= 11 is 0. The second-order valence-corrected chi connectivity index (χ2v) is 4.85. The summed E-state index contributed by atoms with van der Waals surface area (Å²) in [7, 11) is 0. The quantitative estimate of drug-likeness (QED) is 0.786. The molecule has 0 saturated heterocycles. The molecule has 2 aliphatic rings. The second-order valence-electron chi connectivity index (χ2n) is 4.85. The molecule has 3 heteroatoms. The van der Waals surface area contributed by atoms with Crippen molar-refractivity contribution in [2.75, 3.05) is 13.2 Å². The van der Waals surface area contributed by atoms with E-state index in [9.17, 15) is 0 Å². The Morgan fingerprint density at radius 2 is 1.81 bits per heavy atom. The highest BCUT2D eigenvalue weighted by atomic mass is 16.6. The summed E-state index contributed by atoms with van der Waals surface area (Å²) in [5.74, 6) is 1.76. The van der Waals surface area contributed by atoms with Gasteiger partial charge < -0.3 is 15.2 Å². The van der Waals surface area contributed by atoms with E-state index in [1.165, 1.54) is 16.7 Å². The summed E-state index contributed by atoms with van der Waals surface area (Å²) in [4.78, 5) is 0. The number of fused-ring (bicyclic) bond motifs is 1. The molecule has 86 valence electrons. The Labute approximate surface area is 95.5 Å². The lowest BCUT2D eigenvalue weighted by molar-refractivity contribution is 0.170. The highest BCUT2D eigenvalue weighted by Gasteiger charge is 2.42. The van der Waals surface area contributed by atoms with E-state index in [0.29, 0.717) is 13.2 Å². The maximum atomic E-state index is 6.27. The van der Waals surface area contributed by atoms with E-state index in [2.05, 4.69) is 19.9 Å². The third kappa shape index (κ3) is 1.31. The fourth-order valence-corrected chi connectivity index (χ4v) is 2.37. The molecule has 1 aliphatic carbocycles. The summed E-state index contributed by atoms with van der Waals surface area (Å²) in [5, 5.41) is 0. The van der Waals surface area contributed by atoms with Crippen molar-refractivity contribution in [3.63, 3.8) is 0 Å². The van der Waals surface area contributed by atoms with Gasteiger partial charge in [-0.25, -0.2) is 0 Å². The van der Waals surface area contributed by atoms with Crippen LogP contribution in [-0.2, 0) is 5.54 Å². The summed E-state index contributed by atoms with van der Waals surface area (Å²) < 4.78 is 11.3. The number of hydrogen-bond acceptors (Lipinski definition) is 3. The predicted molar refractivity (Wildman–Crippen MR) is 62.0 cm³/mol. The Kier molecular flexibility index (Phi) is 1.96. The SMILES string of the molecule is Cc1c(C2(N)CC2)cc2c(c1C)OCCO2. The Balaban J connectivity index is 2.17. The van der Waals surface area contributed by atoms with E-state index < -0.39 is 0 Å². The van der Waals surface area contributed by atoms with Crippen LogP contribution in [-0.4, -0.2) is 13.2 Å². The average Bonchev–Trinajstić information content (AvgIpc) is 3.03. The van der Waals surface area contributed by atoms with Gasteiger partial charge in [-0.05, 0) is 49.4 Å². The normalized spacial score (nSPS) is 20.7. The predicted octanol–water partition coefficient (Wildman–Crippen LogP) is 2.02. The Morgan fingerprint density at radius 1 is 1.12 bits per heavy atom. The average molecular weight is 219 g/mol. The largest absolute Gasteiger partial charge is 0.486 e. The first kappa shape index (κ1) is 9.97. The minimum absolute atomic E-state index is 0.106. The molecule has 1 aromatic rings. The van der Waals surface area contributed by atoms with Crippen molar-refractivity contribution in [3.8, 4) is 11.5 Å². The van der Waals surface area contributed by atoms with Gasteiger partial charge >= 0.3 is 0 Å². The molecule has 0 unspecified atom stereocenters. The fraction of sp³-hybridized carbons (Fsp3) is 0.538. The molecular formula is C13H17NO2. The molecule has 3 rings (SSSR count). The Hall–Kier alpha value is -1.22. The summed E-state index contributed by atoms with van der Waals surface area (Å²) in [6.45, 7) is 5.47. The van der Waals surface area contributed by atoms with Crippen molar-refractivity contribution in [3.05, 3.63) is 22.8 Å². The van der Waals surface area contributed by atoms with E-state index in [1.54, 1.807) is 0 Å². The van der Waals surface area contributed by atoms with Crippen LogP contribution in [0.1, 0.15) is 29.5 Å². The van der Waals surface area contributed by atoms with Gasteiger partial charge in [-0.1, -0.05) is 0 Å². The van der Waals surface area contributed by atoms with Crippen molar-refractivity contribution in [1.82, 2.24) is 0 Å². The van der Waals surface area contributed by atoms with Crippen molar-refractivity contribution >= 4 is 0 Å². The Bertz CT molecular complexity index is 450. The van der Waals surface area contributed by atoms with Crippen LogP contribution in [0.4, 0.5) is 0 Å². The molecule has 0 amide bonds. The molecule has 3 nitrogen and oxygen atoms in total. The first-order valence-corrected chi connectivity index (χ1v) is 5.81. The molecule has 0 radical (unpaired) electrons. The van der Waals surface area contributed by atoms with Crippen molar-refractivity contribution in [1.29, 1.82) is 0 Å². The lowest BCUT2D eigenvalue weighted by Crippen LogP contribution is -2.23. The smallest absolute Gasteiger partial charge is 0.164 e. The molecule has 2 N–H and O–H groups in total. The van der Waals surface area contributed by atoms with Gasteiger partial charge in [0, 0.05) is 5.54 Å². The van der Waals surface area contributed by atoms with Gasteiger partial charge in [0.2, 0.25) is 0 Å². The van der Waals surface area contributed by atoms with Crippen LogP contribution in [0.25, 0.3) is 0 Å². The van der Waals surface area contributed by atoms with Crippen LogP contribution < -0.4 is 15.2 Å². The van der Waals surface area contributed by atoms with Crippen molar-refractivity contribution in [2.24, 2.45) is 5.73 Å². The number of ether oxygens (including phenoxy) is 2. The van der Waals surface area contributed by atoms with E-state index >= 15 is 0 Å². The molecule has 1 aliphatic heterocycles. The lowest BCUT2D eigenvalue weighted by Gasteiger charge is -2.24.